The van der Waals surface area contributed by atoms with Gasteiger partial charge in [0.2, 0.25) is 17.7 Å². The molecule has 3 amide bonds. The maximum Gasteiger partial charge on any atom is 0.325 e. The zero-order valence-corrected chi connectivity index (χ0v) is 20.3. The molecule has 1 aromatic rings. The molecule has 0 radical (unpaired) electrons. The van der Waals surface area contributed by atoms with E-state index in [-0.39, 0.29) is 31.1 Å². The van der Waals surface area contributed by atoms with Crippen molar-refractivity contribution in [3.8, 4) is 0 Å². The second kappa shape index (κ2) is 14.6. The number of aliphatic imine (C=N–C) groups is 1. The molecule has 0 aliphatic rings. The van der Waals surface area contributed by atoms with Gasteiger partial charge in [-0.25, -0.2) is 4.98 Å². The fourth-order valence-corrected chi connectivity index (χ4v) is 3.11. The summed E-state index contributed by atoms with van der Waals surface area (Å²) in [6, 6.07) is -4.11. The molecule has 0 bridgehead atoms. The van der Waals surface area contributed by atoms with Gasteiger partial charge in [0.15, 0.2) is 5.96 Å². The highest BCUT2D eigenvalue weighted by molar-refractivity contribution is 5.94. The molecule has 1 aromatic heterocycles. The molecule has 35 heavy (non-hydrogen) atoms. The van der Waals surface area contributed by atoms with Crippen LogP contribution >= 0.6 is 0 Å². The number of aromatic nitrogens is 2. The average Bonchev–Trinajstić information content (AvgIpc) is 3.28. The summed E-state index contributed by atoms with van der Waals surface area (Å²) in [5, 5.41) is 16.7. The van der Waals surface area contributed by atoms with Crippen LogP contribution in [0.4, 0.5) is 0 Å². The van der Waals surface area contributed by atoms with Gasteiger partial charge < -0.3 is 43.2 Å². The number of guanidine groups is 1. The molecule has 0 saturated carbocycles. The first kappa shape index (κ1) is 29.4. The van der Waals surface area contributed by atoms with E-state index in [1.807, 2.05) is 13.8 Å². The zero-order chi connectivity index (χ0) is 26.5. The number of carbonyl (C=O) groups is 4. The average molecular weight is 496 g/mol. The Hall–Kier alpha value is -3.68. The van der Waals surface area contributed by atoms with Crippen LogP contribution in [0, 0.1) is 5.92 Å². The van der Waals surface area contributed by atoms with Crippen LogP contribution in [0.2, 0.25) is 0 Å². The molecule has 0 aliphatic heterocycles. The lowest BCUT2D eigenvalue weighted by Crippen LogP contribution is -2.57. The van der Waals surface area contributed by atoms with Crippen molar-refractivity contribution in [2.75, 3.05) is 6.54 Å². The van der Waals surface area contributed by atoms with Crippen molar-refractivity contribution in [2.24, 2.45) is 28.1 Å². The molecule has 0 saturated heterocycles. The standard InChI is InChI=1S/C21H37N9O5/c1-11(2)7-15(18(32)28-12(3)20(34)35)30-19(33)16(8-13-9-25-10-27-13)29-17(31)14(22)5-4-6-26-21(23)24/h9-12,14-16H,4-8,22H2,1-3H3,(H,25,27)(H,28,32)(H,29,31)(H,30,33)(H,34,35)(H4,23,24,26). The number of nitrogens with one attached hydrogen (secondary N) is 4. The number of imidazole rings is 1. The normalized spacial score (nSPS) is 14.3. The lowest BCUT2D eigenvalue weighted by molar-refractivity contribution is -0.142. The molecule has 0 aliphatic carbocycles. The monoisotopic (exact) mass is 495 g/mol. The van der Waals surface area contributed by atoms with E-state index in [1.54, 1.807) is 0 Å². The predicted molar refractivity (Wildman–Crippen MR) is 129 cm³/mol. The van der Waals surface area contributed by atoms with Crippen molar-refractivity contribution in [1.82, 2.24) is 25.9 Å². The second-order valence-corrected chi connectivity index (χ2v) is 8.66. The number of hydrogen-bond acceptors (Lipinski definition) is 7. The lowest BCUT2D eigenvalue weighted by Gasteiger charge is -2.25. The van der Waals surface area contributed by atoms with Crippen molar-refractivity contribution in [2.45, 2.75) is 70.6 Å². The molecule has 4 unspecified atom stereocenters. The predicted octanol–water partition coefficient (Wildman–Crippen LogP) is -2.06. The van der Waals surface area contributed by atoms with Gasteiger partial charge in [0, 0.05) is 24.9 Å². The van der Waals surface area contributed by atoms with Crippen molar-refractivity contribution in [3.05, 3.63) is 18.2 Å². The lowest BCUT2D eigenvalue weighted by atomic mass is 10.0. The van der Waals surface area contributed by atoms with Crippen LogP contribution in [-0.4, -0.2) is 75.4 Å². The van der Waals surface area contributed by atoms with Gasteiger partial charge in [0.1, 0.15) is 18.1 Å². The van der Waals surface area contributed by atoms with Gasteiger partial charge in [-0.3, -0.25) is 24.2 Å². The van der Waals surface area contributed by atoms with E-state index in [4.69, 9.17) is 22.3 Å². The maximum atomic E-state index is 13.1. The number of hydrogen-bond donors (Lipinski definition) is 8. The van der Waals surface area contributed by atoms with Crippen LogP contribution in [0.5, 0.6) is 0 Å². The summed E-state index contributed by atoms with van der Waals surface area (Å²) in [6.45, 7) is 5.35. The van der Waals surface area contributed by atoms with Crippen LogP contribution in [0.25, 0.3) is 0 Å². The third kappa shape index (κ3) is 11.3. The van der Waals surface area contributed by atoms with E-state index in [2.05, 4.69) is 30.9 Å². The van der Waals surface area contributed by atoms with E-state index in [1.165, 1.54) is 19.4 Å². The second-order valence-electron chi connectivity index (χ2n) is 8.66. The SMILES string of the molecule is CC(C)CC(NC(=O)C(Cc1cnc[nH]1)NC(=O)C(N)CCCN=C(N)N)C(=O)NC(C)C(=O)O. The molecule has 14 nitrogen and oxygen atoms in total. The largest absolute Gasteiger partial charge is 0.480 e. The van der Waals surface area contributed by atoms with Gasteiger partial charge in [-0.15, -0.1) is 0 Å². The van der Waals surface area contributed by atoms with E-state index in [0.717, 1.165) is 0 Å². The highest BCUT2D eigenvalue weighted by Gasteiger charge is 2.30. The van der Waals surface area contributed by atoms with Crippen molar-refractivity contribution in [3.63, 3.8) is 0 Å². The molecular formula is C21H37N9O5. The van der Waals surface area contributed by atoms with Gasteiger partial charge in [-0.2, -0.15) is 0 Å². The highest BCUT2D eigenvalue weighted by atomic mass is 16.4. The molecule has 1 rings (SSSR count). The number of amides is 3. The molecule has 0 fully saturated rings. The molecular weight excluding hydrogens is 458 g/mol. The van der Waals surface area contributed by atoms with Gasteiger partial charge in [0.05, 0.1) is 12.4 Å². The van der Waals surface area contributed by atoms with E-state index in [9.17, 15) is 19.2 Å². The van der Waals surface area contributed by atoms with Gasteiger partial charge in [-0.05, 0) is 32.1 Å². The molecule has 196 valence electrons. The minimum Gasteiger partial charge on any atom is -0.480 e. The Morgan fingerprint density at radius 3 is 2.23 bits per heavy atom. The number of nitrogens with two attached hydrogens (primary N) is 3. The Morgan fingerprint density at radius 1 is 1.06 bits per heavy atom. The molecule has 14 heteroatoms. The van der Waals surface area contributed by atoms with Crippen LogP contribution in [-0.2, 0) is 25.6 Å². The third-order valence-electron chi connectivity index (χ3n) is 4.99. The summed E-state index contributed by atoms with van der Waals surface area (Å²) in [5.41, 5.74) is 17.1. The number of carboxylic acid groups (broad SMARTS) is 1. The van der Waals surface area contributed by atoms with E-state index < -0.39 is 47.9 Å². The summed E-state index contributed by atoms with van der Waals surface area (Å²) in [4.78, 5) is 60.2. The van der Waals surface area contributed by atoms with Crippen molar-refractivity contribution < 1.29 is 24.3 Å². The fourth-order valence-electron chi connectivity index (χ4n) is 3.11. The highest BCUT2D eigenvalue weighted by Crippen LogP contribution is 2.08. The number of aromatic amines is 1. The Morgan fingerprint density at radius 2 is 1.69 bits per heavy atom. The van der Waals surface area contributed by atoms with Crippen LogP contribution < -0.4 is 33.2 Å². The smallest absolute Gasteiger partial charge is 0.325 e. The molecule has 4 atom stereocenters. The quantitative estimate of drug-likeness (QED) is 0.0756. The van der Waals surface area contributed by atoms with Crippen LogP contribution in [0.3, 0.4) is 0 Å². The van der Waals surface area contributed by atoms with Crippen LogP contribution in [0.15, 0.2) is 17.5 Å². The first-order valence-corrected chi connectivity index (χ1v) is 11.3. The number of rotatable bonds is 15. The third-order valence-corrected chi connectivity index (χ3v) is 4.99. The summed E-state index contributed by atoms with van der Waals surface area (Å²) in [6.07, 6.45) is 4.02. The maximum absolute atomic E-state index is 13.1. The summed E-state index contributed by atoms with van der Waals surface area (Å²) in [7, 11) is 0. The number of carbonyl (C=O) groups excluding carboxylic acids is 3. The van der Waals surface area contributed by atoms with Crippen molar-refractivity contribution >= 4 is 29.7 Å². The van der Waals surface area contributed by atoms with Crippen molar-refractivity contribution in [1.29, 1.82) is 0 Å². The topological polar surface area (TPSA) is 244 Å². The number of carboxylic acids is 1. The number of nitrogens with zero attached hydrogens (tertiary/aromatic N) is 2. The number of aliphatic carboxylic acids is 1. The Labute approximate surface area is 203 Å². The molecule has 0 aromatic carbocycles. The fraction of sp³-hybridized carbons (Fsp3) is 0.619. The Balaban J connectivity index is 2.93. The minimum atomic E-state index is -1.20. The number of H-pyrrole nitrogens is 1. The molecule has 0 spiro atoms. The summed E-state index contributed by atoms with van der Waals surface area (Å²) in [5.74, 6) is -3.05. The van der Waals surface area contributed by atoms with Gasteiger partial charge in [-0.1, -0.05) is 13.8 Å². The van der Waals surface area contributed by atoms with Crippen LogP contribution in [0.1, 0.15) is 45.7 Å². The van der Waals surface area contributed by atoms with E-state index in [0.29, 0.717) is 18.7 Å². The Bertz CT molecular complexity index is 869. The Kier molecular flexibility index (Phi) is 12.2. The minimum absolute atomic E-state index is 0.0190. The summed E-state index contributed by atoms with van der Waals surface area (Å²) < 4.78 is 0. The first-order valence-electron chi connectivity index (χ1n) is 11.3. The molecule has 1 heterocycles. The van der Waals surface area contributed by atoms with Gasteiger partial charge in [0.25, 0.3) is 0 Å². The molecule has 11 N–H and O–H groups in total. The zero-order valence-electron chi connectivity index (χ0n) is 20.3. The first-order chi connectivity index (χ1) is 16.4. The summed E-state index contributed by atoms with van der Waals surface area (Å²) >= 11 is 0. The van der Waals surface area contributed by atoms with Gasteiger partial charge >= 0.3 is 5.97 Å². The van der Waals surface area contributed by atoms with E-state index >= 15 is 0 Å².